The van der Waals surface area contributed by atoms with E-state index in [1.165, 1.54) is 4.31 Å². The van der Waals surface area contributed by atoms with Gasteiger partial charge in [0.15, 0.2) is 0 Å². The molecule has 1 amide bonds. The molecule has 0 spiro atoms. The van der Waals surface area contributed by atoms with E-state index >= 15 is 0 Å². The summed E-state index contributed by atoms with van der Waals surface area (Å²) in [4.78, 5) is 14.2. The van der Waals surface area contributed by atoms with Crippen molar-refractivity contribution in [2.75, 3.05) is 50.5 Å². The number of amides is 1. The van der Waals surface area contributed by atoms with E-state index in [9.17, 15) is 13.2 Å². The molecule has 1 aliphatic rings. The van der Waals surface area contributed by atoms with Crippen molar-refractivity contribution in [1.82, 2.24) is 9.62 Å². The van der Waals surface area contributed by atoms with Gasteiger partial charge in [-0.05, 0) is 48.5 Å². The minimum absolute atomic E-state index is 0.0580. The van der Waals surface area contributed by atoms with E-state index in [0.29, 0.717) is 36.8 Å². The molecule has 0 aromatic heterocycles. The molecule has 3 rings (SSSR count). The molecule has 7 nitrogen and oxygen atoms in total. The van der Waals surface area contributed by atoms with Gasteiger partial charge in [0.2, 0.25) is 10.0 Å². The molecule has 1 heterocycles. The van der Waals surface area contributed by atoms with Crippen LogP contribution in [-0.4, -0.2) is 64.2 Å². The third-order valence-corrected chi connectivity index (χ3v) is 6.95. The van der Waals surface area contributed by atoms with E-state index < -0.39 is 10.0 Å². The summed E-state index contributed by atoms with van der Waals surface area (Å²) < 4.78 is 31.8. The Balaban J connectivity index is 1.47. The van der Waals surface area contributed by atoms with E-state index in [1.807, 2.05) is 24.3 Å². The lowest BCUT2D eigenvalue weighted by Gasteiger charge is -2.35. The number of sulfonamides is 1. The largest absolute Gasteiger partial charge is 0.497 e. The van der Waals surface area contributed by atoms with Gasteiger partial charge in [-0.15, -0.1) is 0 Å². The highest BCUT2D eigenvalue weighted by Crippen LogP contribution is 2.21. The number of carbonyl (C=O) groups excluding carboxylic acids is 1. The summed E-state index contributed by atoms with van der Waals surface area (Å²) in [5, 5.41) is 3.19. The van der Waals surface area contributed by atoms with Crippen LogP contribution in [-0.2, 0) is 10.0 Å². The van der Waals surface area contributed by atoms with Gasteiger partial charge >= 0.3 is 0 Å². The number of hydrogen-bond donors (Lipinski definition) is 1. The highest BCUT2D eigenvalue weighted by molar-refractivity contribution is 7.89. The maximum Gasteiger partial charge on any atom is 0.251 e. The molecule has 1 N–H and O–H groups in total. The zero-order valence-electron chi connectivity index (χ0n) is 16.2. The number of nitrogens with one attached hydrogen (secondary N) is 1. The van der Waals surface area contributed by atoms with Crippen LogP contribution in [0.1, 0.15) is 10.4 Å². The first kappa shape index (κ1) is 21.4. The first-order chi connectivity index (χ1) is 13.9. The van der Waals surface area contributed by atoms with E-state index in [0.717, 1.165) is 11.4 Å². The third-order valence-electron chi connectivity index (χ3n) is 4.82. The summed E-state index contributed by atoms with van der Waals surface area (Å²) in [5.74, 6) is 0.339. The standard InChI is InChI=1S/C20H24ClN3O4S/c1-28-19-8-6-18(7-9-19)23-11-13-24(14-12-23)29(26,27)15-10-22-20(25)16-2-4-17(21)5-3-16/h2-9H,10-15H2,1H3,(H,22,25). The zero-order chi connectivity index (χ0) is 20.9. The van der Waals surface area contributed by atoms with E-state index in [2.05, 4.69) is 10.2 Å². The normalized spacial score (nSPS) is 15.2. The smallest absolute Gasteiger partial charge is 0.251 e. The maximum absolute atomic E-state index is 12.6. The number of rotatable bonds is 7. The Morgan fingerprint density at radius 1 is 1.03 bits per heavy atom. The quantitative estimate of drug-likeness (QED) is 0.718. The molecule has 0 atom stereocenters. The monoisotopic (exact) mass is 437 g/mol. The molecule has 1 aliphatic heterocycles. The summed E-state index contributed by atoms with van der Waals surface area (Å²) in [6, 6.07) is 14.2. The number of halogens is 1. The Hall–Kier alpha value is -2.29. The highest BCUT2D eigenvalue weighted by Gasteiger charge is 2.27. The van der Waals surface area contributed by atoms with Crippen molar-refractivity contribution in [2.24, 2.45) is 0 Å². The Morgan fingerprint density at radius 3 is 2.24 bits per heavy atom. The van der Waals surface area contributed by atoms with Gasteiger partial charge in [-0.1, -0.05) is 11.6 Å². The Kier molecular flexibility index (Phi) is 7.00. The number of methoxy groups -OCH3 is 1. The fourth-order valence-corrected chi connectivity index (χ4v) is 4.61. The lowest BCUT2D eigenvalue weighted by atomic mass is 10.2. The van der Waals surface area contributed by atoms with Crippen molar-refractivity contribution in [2.45, 2.75) is 0 Å². The summed E-state index contributed by atoms with van der Waals surface area (Å²) in [7, 11) is -1.81. The average Bonchev–Trinajstić information content (AvgIpc) is 2.74. The van der Waals surface area contributed by atoms with Gasteiger partial charge in [-0.2, -0.15) is 4.31 Å². The lowest BCUT2D eigenvalue weighted by Crippen LogP contribution is -2.50. The zero-order valence-corrected chi connectivity index (χ0v) is 17.7. The number of benzene rings is 2. The molecular weight excluding hydrogens is 414 g/mol. The van der Waals surface area contributed by atoms with Crippen molar-refractivity contribution < 1.29 is 17.9 Å². The summed E-state index contributed by atoms with van der Waals surface area (Å²) in [6.07, 6.45) is 0. The van der Waals surface area contributed by atoms with Crippen LogP contribution in [0.4, 0.5) is 5.69 Å². The molecule has 29 heavy (non-hydrogen) atoms. The van der Waals surface area contributed by atoms with Crippen molar-refractivity contribution in [3.8, 4) is 5.75 Å². The number of nitrogens with zero attached hydrogens (tertiary/aromatic N) is 2. The molecule has 1 saturated heterocycles. The average molecular weight is 438 g/mol. The number of anilines is 1. The maximum atomic E-state index is 12.6. The van der Waals surface area contributed by atoms with Crippen molar-refractivity contribution in [3.63, 3.8) is 0 Å². The van der Waals surface area contributed by atoms with Crippen LogP contribution < -0.4 is 15.0 Å². The van der Waals surface area contributed by atoms with Gasteiger partial charge in [-0.3, -0.25) is 4.79 Å². The van der Waals surface area contributed by atoms with E-state index in [4.69, 9.17) is 16.3 Å². The van der Waals surface area contributed by atoms with Crippen molar-refractivity contribution >= 4 is 33.2 Å². The van der Waals surface area contributed by atoms with Crippen molar-refractivity contribution in [1.29, 1.82) is 0 Å². The van der Waals surface area contributed by atoms with Gasteiger partial charge in [0.1, 0.15) is 5.75 Å². The predicted molar refractivity (Wildman–Crippen MR) is 114 cm³/mol. The topological polar surface area (TPSA) is 79.0 Å². The predicted octanol–water partition coefficient (Wildman–Crippen LogP) is 2.23. The number of carbonyl (C=O) groups is 1. The van der Waals surface area contributed by atoms with Gasteiger partial charge in [-0.25, -0.2) is 8.42 Å². The molecule has 2 aromatic carbocycles. The van der Waals surface area contributed by atoms with Crippen LogP contribution >= 0.6 is 11.6 Å². The SMILES string of the molecule is COc1ccc(N2CCN(S(=O)(=O)CCNC(=O)c3ccc(Cl)cc3)CC2)cc1. The summed E-state index contributed by atoms with van der Waals surface area (Å²) in [6.45, 7) is 2.12. The molecule has 0 unspecified atom stereocenters. The second-order valence-electron chi connectivity index (χ2n) is 6.66. The van der Waals surface area contributed by atoms with Gasteiger partial charge in [0.25, 0.3) is 5.91 Å². The number of hydrogen-bond acceptors (Lipinski definition) is 5. The van der Waals surface area contributed by atoms with Crippen LogP contribution in [0.3, 0.4) is 0 Å². The minimum Gasteiger partial charge on any atom is -0.497 e. The fourth-order valence-electron chi connectivity index (χ4n) is 3.14. The second kappa shape index (κ2) is 9.47. The van der Waals surface area contributed by atoms with Crippen LogP contribution in [0.15, 0.2) is 48.5 Å². The fraction of sp³-hybridized carbons (Fsp3) is 0.350. The molecular formula is C20H24ClN3O4S. The number of ether oxygens (including phenoxy) is 1. The summed E-state index contributed by atoms with van der Waals surface area (Å²) in [5.41, 5.74) is 1.48. The Bertz CT molecular complexity index is 925. The molecule has 2 aromatic rings. The van der Waals surface area contributed by atoms with Gasteiger partial charge in [0, 0.05) is 49.0 Å². The van der Waals surface area contributed by atoms with E-state index in [-0.39, 0.29) is 18.2 Å². The molecule has 0 radical (unpaired) electrons. The lowest BCUT2D eigenvalue weighted by molar-refractivity contribution is 0.0956. The molecule has 9 heteroatoms. The first-order valence-electron chi connectivity index (χ1n) is 9.29. The van der Waals surface area contributed by atoms with Crippen LogP contribution in [0, 0.1) is 0 Å². The molecule has 156 valence electrons. The van der Waals surface area contributed by atoms with E-state index in [1.54, 1.807) is 31.4 Å². The van der Waals surface area contributed by atoms with Crippen molar-refractivity contribution in [3.05, 3.63) is 59.1 Å². The highest BCUT2D eigenvalue weighted by atomic mass is 35.5. The Labute approximate surface area is 176 Å². The molecule has 0 saturated carbocycles. The van der Waals surface area contributed by atoms with Crippen LogP contribution in [0.25, 0.3) is 0 Å². The number of piperazine rings is 1. The third kappa shape index (κ3) is 5.62. The molecule has 1 fully saturated rings. The molecule has 0 aliphatic carbocycles. The molecule has 0 bridgehead atoms. The summed E-state index contributed by atoms with van der Waals surface area (Å²) >= 11 is 5.80. The van der Waals surface area contributed by atoms with Gasteiger partial charge < -0.3 is 15.0 Å². The second-order valence-corrected chi connectivity index (χ2v) is 9.19. The minimum atomic E-state index is -3.43. The first-order valence-corrected chi connectivity index (χ1v) is 11.3. The van der Waals surface area contributed by atoms with Gasteiger partial charge in [0.05, 0.1) is 12.9 Å². The Morgan fingerprint density at radius 2 is 1.66 bits per heavy atom. The van der Waals surface area contributed by atoms with Crippen LogP contribution in [0.2, 0.25) is 5.02 Å². The van der Waals surface area contributed by atoms with Crippen LogP contribution in [0.5, 0.6) is 5.75 Å².